The molecule has 0 spiro atoms. The molecular weight excluding hydrogens is 524 g/mol. The first-order valence-corrected chi connectivity index (χ1v) is 14.9. The van der Waals surface area contributed by atoms with E-state index in [0.717, 1.165) is 45.1 Å². The van der Waals surface area contributed by atoms with E-state index in [9.17, 15) is 0 Å². The Hall–Kier alpha value is -5.22. The maximum atomic E-state index is 5.58. The van der Waals surface area contributed by atoms with Gasteiger partial charge in [-0.05, 0) is 59.9 Å². The molecule has 43 heavy (non-hydrogen) atoms. The summed E-state index contributed by atoms with van der Waals surface area (Å²) in [4.78, 5) is 10.8. The Balaban J connectivity index is 1.58. The SMILES string of the molecule is Cc1ccccc1-c1cccc(-n2c3ccccc3c3c(C(C)(C)C)c4c5ccccc5n(-c5ccccc5)c4nc32)n1. The second kappa shape index (κ2) is 9.40. The smallest absolute Gasteiger partial charge is 0.149 e. The average Bonchev–Trinajstić information content (AvgIpc) is 3.52. The van der Waals surface area contributed by atoms with Crippen LogP contribution in [0.4, 0.5) is 0 Å². The highest BCUT2D eigenvalue weighted by molar-refractivity contribution is 6.20. The highest BCUT2D eigenvalue weighted by Gasteiger charge is 2.29. The van der Waals surface area contributed by atoms with E-state index in [2.05, 4.69) is 158 Å². The molecule has 0 saturated carbocycles. The van der Waals surface area contributed by atoms with E-state index in [1.165, 1.54) is 32.7 Å². The Kier molecular flexibility index (Phi) is 5.57. The Morgan fingerprint density at radius 3 is 1.79 bits per heavy atom. The summed E-state index contributed by atoms with van der Waals surface area (Å²) < 4.78 is 4.58. The summed E-state index contributed by atoms with van der Waals surface area (Å²) in [5.74, 6) is 0.862. The Morgan fingerprint density at radius 1 is 0.535 bits per heavy atom. The fourth-order valence-electron chi connectivity index (χ4n) is 6.76. The van der Waals surface area contributed by atoms with Crippen LogP contribution in [0.2, 0.25) is 0 Å². The minimum atomic E-state index is -0.156. The molecule has 8 rings (SSSR count). The summed E-state index contributed by atoms with van der Waals surface area (Å²) in [6.45, 7) is 9.09. The van der Waals surface area contributed by atoms with Crippen molar-refractivity contribution in [3.63, 3.8) is 0 Å². The van der Waals surface area contributed by atoms with Crippen LogP contribution in [-0.4, -0.2) is 19.1 Å². The molecule has 4 aromatic heterocycles. The third-order valence-corrected chi connectivity index (χ3v) is 8.56. The van der Waals surface area contributed by atoms with Crippen molar-refractivity contribution in [3.8, 4) is 22.8 Å². The van der Waals surface area contributed by atoms with E-state index >= 15 is 0 Å². The zero-order valence-corrected chi connectivity index (χ0v) is 24.8. The van der Waals surface area contributed by atoms with E-state index in [1.54, 1.807) is 0 Å². The van der Waals surface area contributed by atoms with Gasteiger partial charge in [0.25, 0.3) is 0 Å². The Morgan fingerprint density at radius 2 is 1.12 bits per heavy atom. The minimum absolute atomic E-state index is 0.156. The van der Waals surface area contributed by atoms with E-state index in [4.69, 9.17) is 9.97 Å². The first kappa shape index (κ1) is 25.5. The highest BCUT2D eigenvalue weighted by atomic mass is 15.1. The predicted octanol–water partition coefficient (Wildman–Crippen LogP) is 9.94. The van der Waals surface area contributed by atoms with Crippen LogP contribution in [0.5, 0.6) is 0 Å². The predicted molar refractivity (Wildman–Crippen MR) is 180 cm³/mol. The molecular formula is C39H32N4. The number of benzene rings is 4. The second-order valence-electron chi connectivity index (χ2n) is 12.4. The average molecular weight is 557 g/mol. The fraction of sp³-hybridized carbons (Fsp3) is 0.128. The second-order valence-corrected chi connectivity index (χ2v) is 12.4. The lowest BCUT2D eigenvalue weighted by atomic mass is 9.82. The number of hydrogen-bond acceptors (Lipinski definition) is 2. The van der Waals surface area contributed by atoms with Crippen LogP contribution in [0.15, 0.2) is 121 Å². The van der Waals surface area contributed by atoms with Crippen LogP contribution in [-0.2, 0) is 5.41 Å². The largest absolute Gasteiger partial charge is 0.294 e. The Labute approximate surface area is 250 Å². The van der Waals surface area contributed by atoms with E-state index in [0.29, 0.717) is 0 Å². The third-order valence-electron chi connectivity index (χ3n) is 8.56. The standard InChI is InChI=1S/C39H32N4/c1-25-15-8-9-18-27(25)30-21-14-24-33(40-30)43-32-23-13-11-20-29(32)35-36(39(2,3)4)34-28-19-10-12-22-31(28)42(37(34)41-38(35)43)26-16-6-5-7-17-26/h5-24H,1-4H3. The number of hydrogen-bond donors (Lipinski definition) is 0. The Bertz CT molecular complexity index is 2330. The molecule has 0 unspecified atom stereocenters. The van der Waals surface area contributed by atoms with Crippen molar-refractivity contribution in [2.45, 2.75) is 33.1 Å². The van der Waals surface area contributed by atoms with Gasteiger partial charge in [0.2, 0.25) is 0 Å². The first-order valence-electron chi connectivity index (χ1n) is 14.9. The van der Waals surface area contributed by atoms with Gasteiger partial charge in [0.15, 0.2) is 0 Å². The quantitative estimate of drug-likeness (QED) is 0.217. The maximum absolute atomic E-state index is 5.58. The number of rotatable bonds is 3. The molecule has 8 aromatic rings. The van der Waals surface area contributed by atoms with Crippen molar-refractivity contribution < 1.29 is 0 Å². The van der Waals surface area contributed by atoms with Crippen LogP contribution in [0.1, 0.15) is 31.9 Å². The molecule has 208 valence electrons. The molecule has 0 bridgehead atoms. The van der Waals surface area contributed by atoms with Gasteiger partial charge in [-0.2, -0.15) is 0 Å². The van der Waals surface area contributed by atoms with Gasteiger partial charge in [0.05, 0.1) is 16.7 Å². The van der Waals surface area contributed by atoms with Crippen molar-refractivity contribution in [3.05, 3.63) is 132 Å². The number of aromatic nitrogens is 4. The van der Waals surface area contributed by atoms with Crippen LogP contribution >= 0.6 is 0 Å². The summed E-state index contributed by atoms with van der Waals surface area (Å²) in [5, 5.41) is 4.81. The lowest BCUT2D eigenvalue weighted by Crippen LogP contribution is -2.13. The molecule has 0 aliphatic heterocycles. The van der Waals surface area contributed by atoms with Gasteiger partial charge in [-0.15, -0.1) is 0 Å². The lowest BCUT2D eigenvalue weighted by Gasteiger charge is -2.22. The van der Waals surface area contributed by atoms with E-state index < -0.39 is 0 Å². The van der Waals surface area contributed by atoms with Crippen molar-refractivity contribution in [1.82, 2.24) is 19.1 Å². The molecule has 0 radical (unpaired) electrons. The van der Waals surface area contributed by atoms with E-state index in [-0.39, 0.29) is 5.41 Å². The number of para-hydroxylation sites is 3. The lowest BCUT2D eigenvalue weighted by molar-refractivity contribution is 0.601. The van der Waals surface area contributed by atoms with Gasteiger partial charge in [0, 0.05) is 32.8 Å². The van der Waals surface area contributed by atoms with Gasteiger partial charge in [-0.1, -0.05) is 106 Å². The zero-order chi connectivity index (χ0) is 29.3. The van der Waals surface area contributed by atoms with Crippen LogP contribution < -0.4 is 0 Å². The summed E-state index contributed by atoms with van der Waals surface area (Å²) in [6, 6.07) is 42.7. The summed E-state index contributed by atoms with van der Waals surface area (Å²) in [7, 11) is 0. The first-order chi connectivity index (χ1) is 20.9. The molecule has 0 saturated heterocycles. The van der Waals surface area contributed by atoms with Gasteiger partial charge in [0.1, 0.15) is 17.1 Å². The molecule has 4 nitrogen and oxygen atoms in total. The summed E-state index contributed by atoms with van der Waals surface area (Å²) >= 11 is 0. The van der Waals surface area contributed by atoms with Gasteiger partial charge >= 0.3 is 0 Å². The third kappa shape index (κ3) is 3.83. The van der Waals surface area contributed by atoms with Crippen molar-refractivity contribution in [1.29, 1.82) is 0 Å². The molecule has 0 amide bonds. The van der Waals surface area contributed by atoms with Crippen LogP contribution in [0.25, 0.3) is 66.6 Å². The summed E-state index contributed by atoms with van der Waals surface area (Å²) in [6.07, 6.45) is 0. The number of nitrogens with zero attached hydrogens (tertiary/aromatic N) is 4. The van der Waals surface area contributed by atoms with Crippen LogP contribution in [0.3, 0.4) is 0 Å². The molecule has 0 aliphatic rings. The number of pyridine rings is 2. The number of aryl methyl sites for hydroxylation is 1. The minimum Gasteiger partial charge on any atom is -0.294 e. The molecule has 0 atom stereocenters. The van der Waals surface area contributed by atoms with E-state index in [1.807, 2.05) is 0 Å². The molecule has 4 heterocycles. The van der Waals surface area contributed by atoms with Gasteiger partial charge in [-0.3, -0.25) is 9.13 Å². The zero-order valence-electron chi connectivity index (χ0n) is 24.8. The maximum Gasteiger partial charge on any atom is 0.149 e. The van der Waals surface area contributed by atoms with Gasteiger partial charge in [-0.25, -0.2) is 9.97 Å². The monoisotopic (exact) mass is 556 g/mol. The van der Waals surface area contributed by atoms with Gasteiger partial charge < -0.3 is 0 Å². The molecule has 4 heteroatoms. The fourth-order valence-corrected chi connectivity index (χ4v) is 6.76. The molecule has 0 N–H and O–H groups in total. The number of fused-ring (bicyclic) bond motifs is 6. The highest BCUT2D eigenvalue weighted by Crippen LogP contribution is 2.45. The van der Waals surface area contributed by atoms with Crippen LogP contribution in [0, 0.1) is 6.92 Å². The van der Waals surface area contributed by atoms with Crippen molar-refractivity contribution in [2.75, 3.05) is 0 Å². The summed E-state index contributed by atoms with van der Waals surface area (Å²) in [5.41, 5.74) is 9.70. The molecule has 0 fully saturated rings. The topological polar surface area (TPSA) is 35.6 Å². The van der Waals surface area contributed by atoms with Crippen molar-refractivity contribution >= 4 is 43.9 Å². The normalized spacial score (nSPS) is 12.2. The van der Waals surface area contributed by atoms with Crippen molar-refractivity contribution in [2.24, 2.45) is 0 Å². The molecule has 0 aliphatic carbocycles. The molecule has 4 aromatic carbocycles.